The summed E-state index contributed by atoms with van der Waals surface area (Å²) in [6, 6.07) is 21.9. The fourth-order valence-corrected chi connectivity index (χ4v) is 4.87. The van der Waals surface area contributed by atoms with Crippen molar-refractivity contribution in [3.05, 3.63) is 116 Å². The topological polar surface area (TPSA) is 75.7 Å². The average Bonchev–Trinajstić information content (AvgIpc) is 2.91. The highest BCUT2D eigenvalue weighted by molar-refractivity contribution is 6.42. The molecular weight excluding hydrogens is 523 g/mol. The summed E-state index contributed by atoms with van der Waals surface area (Å²) in [6.45, 7) is 4.31. The van der Waals surface area contributed by atoms with E-state index >= 15 is 0 Å². The van der Waals surface area contributed by atoms with E-state index in [1.54, 1.807) is 55.1 Å². The van der Waals surface area contributed by atoms with E-state index in [2.05, 4.69) is 5.32 Å². The summed E-state index contributed by atoms with van der Waals surface area (Å²) in [5.41, 5.74) is 3.88. The lowest BCUT2D eigenvalue weighted by atomic mass is 9.83. The van der Waals surface area contributed by atoms with Crippen molar-refractivity contribution in [3.63, 3.8) is 0 Å². The van der Waals surface area contributed by atoms with Gasteiger partial charge in [0.25, 0.3) is 5.91 Å². The maximum absolute atomic E-state index is 13.4. The number of hydrogen-bond donors (Lipinski definition) is 1. The van der Waals surface area contributed by atoms with E-state index in [9.17, 15) is 14.4 Å². The molecule has 1 aliphatic heterocycles. The summed E-state index contributed by atoms with van der Waals surface area (Å²) in [5, 5.41) is 3.67. The van der Waals surface area contributed by atoms with Crippen molar-refractivity contribution in [2.75, 3.05) is 6.61 Å². The second-order valence-corrected chi connectivity index (χ2v) is 9.81. The van der Waals surface area contributed by atoms with Crippen molar-refractivity contribution in [1.29, 1.82) is 0 Å². The van der Waals surface area contributed by atoms with Gasteiger partial charge in [-0.25, -0.2) is 4.79 Å². The van der Waals surface area contributed by atoms with Crippen LogP contribution < -0.4 is 5.32 Å². The molecule has 38 heavy (non-hydrogen) atoms. The molecule has 0 saturated carbocycles. The minimum Gasteiger partial charge on any atom is -0.463 e. The summed E-state index contributed by atoms with van der Waals surface area (Å²) in [4.78, 5) is 40.7. The first-order chi connectivity index (χ1) is 18.3. The lowest BCUT2D eigenvalue weighted by molar-refractivity contribution is -0.140. The second kappa shape index (κ2) is 12.3. The molecule has 2 amide bonds. The van der Waals surface area contributed by atoms with Gasteiger partial charge in [0.05, 0.1) is 28.8 Å². The first-order valence-electron chi connectivity index (χ1n) is 12.3. The number of nitrogens with one attached hydrogen (secondary N) is 1. The zero-order valence-electron chi connectivity index (χ0n) is 21.2. The monoisotopic (exact) mass is 550 g/mol. The number of halogens is 2. The number of rotatable bonds is 8. The fourth-order valence-electron chi connectivity index (χ4n) is 4.56. The molecule has 0 radical (unpaired) electrons. The van der Waals surface area contributed by atoms with E-state index in [1.807, 2.05) is 36.4 Å². The fraction of sp³-hybridized carbons (Fsp3) is 0.233. The number of carbonyl (C=O) groups is 3. The van der Waals surface area contributed by atoms with Crippen LogP contribution in [0.1, 0.15) is 53.2 Å². The van der Waals surface area contributed by atoms with Crippen molar-refractivity contribution < 1.29 is 19.1 Å². The Labute approximate surface area is 232 Å². The molecule has 4 rings (SSSR count). The van der Waals surface area contributed by atoms with E-state index in [-0.39, 0.29) is 31.4 Å². The van der Waals surface area contributed by atoms with Crippen LogP contribution in [0.2, 0.25) is 10.0 Å². The first kappa shape index (κ1) is 27.4. The van der Waals surface area contributed by atoms with Crippen LogP contribution in [0, 0.1) is 0 Å². The Balaban J connectivity index is 1.59. The molecule has 3 aromatic carbocycles. The molecular formula is C30H28Cl2N2O4. The summed E-state index contributed by atoms with van der Waals surface area (Å²) >= 11 is 12.3. The van der Waals surface area contributed by atoms with Gasteiger partial charge in [-0.15, -0.1) is 0 Å². The second-order valence-electron chi connectivity index (χ2n) is 9.00. The molecule has 1 N–H and O–H groups in total. The average molecular weight is 551 g/mol. The third-order valence-corrected chi connectivity index (χ3v) is 7.23. The normalized spacial score (nSPS) is 15.4. The van der Waals surface area contributed by atoms with E-state index in [0.717, 1.165) is 11.1 Å². The number of hydrogen-bond acceptors (Lipinski definition) is 4. The number of benzene rings is 3. The number of allylic oxidation sites excluding steroid dienone is 1. The zero-order chi connectivity index (χ0) is 27.2. The van der Waals surface area contributed by atoms with Crippen LogP contribution in [0.5, 0.6) is 0 Å². The van der Waals surface area contributed by atoms with E-state index < -0.39 is 11.9 Å². The molecule has 3 aromatic rings. The Morgan fingerprint density at radius 2 is 1.71 bits per heavy atom. The van der Waals surface area contributed by atoms with Gasteiger partial charge in [0.2, 0.25) is 5.91 Å². The molecule has 0 fully saturated rings. The lowest BCUT2D eigenvalue weighted by Crippen LogP contribution is -2.38. The Hall–Kier alpha value is -3.61. The van der Waals surface area contributed by atoms with Gasteiger partial charge in [-0.3, -0.25) is 9.59 Å². The molecule has 0 aromatic heterocycles. The van der Waals surface area contributed by atoms with Gasteiger partial charge in [0.15, 0.2) is 0 Å². The maximum atomic E-state index is 13.4. The van der Waals surface area contributed by atoms with E-state index in [1.165, 1.54) is 0 Å². The van der Waals surface area contributed by atoms with Gasteiger partial charge >= 0.3 is 5.97 Å². The van der Waals surface area contributed by atoms with Crippen LogP contribution in [-0.4, -0.2) is 29.3 Å². The quantitative estimate of drug-likeness (QED) is 0.335. The highest BCUT2D eigenvalue weighted by Gasteiger charge is 2.37. The van der Waals surface area contributed by atoms with E-state index in [4.69, 9.17) is 27.9 Å². The number of carbonyl (C=O) groups excluding carboxylic acids is 3. The highest BCUT2D eigenvalue weighted by Crippen LogP contribution is 2.39. The molecule has 0 bridgehead atoms. The van der Waals surface area contributed by atoms with Crippen molar-refractivity contribution in [3.8, 4) is 0 Å². The Morgan fingerprint density at radius 3 is 2.42 bits per heavy atom. The minimum absolute atomic E-state index is 0.0701. The predicted molar refractivity (Wildman–Crippen MR) is 148 cm³/mol. The summed E-state index contributed by atoms with van der Waals surface area (Å²) in [7, 11) is 0. The molecule has 0 spiro atoms. The third-order valence-electron chi connectivity index (χ3n) is 6.49. The molecule has 1 heterocycles. The maximum Gasteiger partial charge on any atom is 0.336 e. The largest absolute Gasteiger partial charge is 0.463 e. The SMILES string of the molecule is CCOC(=O)C1=C(C)N(Cc2cccc(C(=O)NCc3ccccc3)c2)C(=O)CC1c1ccc(Cl)c(Cl)c1. The van der Waals surface area contributed by atoms with Gasteiger partial charge in [-0.05, 0) is 54.8 Å². The molecule has 1 unspecified atom stereocenters. The van der Waals surface area contributed by atoms with Crippen LogP contribution >= 0.6 is 23.2 Å². The Morgan fingerprint density at radius 1 is 0.974 bits per heavy atom. The molecule has 1 aliphatic rings. The summed E-state index contributed by atoms with van der Waals surface area (Å²) < 4.78 is 5.36. The molecule has 0 aliphatic carbocycles. The molecule has 1 atom stereocenters. The van der Waals surface area contributed by atoms with Crippen molar-refractivity contribution >= 4 is 41.0 Å². The molecule has 196 valence electrons. The third kappa shape index (κ3) is 6.26. The van der Waals surface area contributed by atoms with Gasteiger partial charge < -0.3 is 15.0 Å². The lowest BCUT2D eigenvalue weighted by Gasteiger charge is -2.34. The Kier molecular flexibility index (Phi) is 8.87. The van der Waals surface area contributed by atoms with Crippen LogP contribution in [-0.2, 0) is 27.4 Å². The van der Waals surface area contributed by atoms with E-state index in [0.29, 0.717) is 39.0 Å². The number of amides is 2. The Bertz CT molecular complexity index is 1390. The predicted octanol–water partition coefficient (Wildman–Crippen LogP) is 6.28. The van der Waals surface area contributed by atoms with Crippen LogP contribution in [0.4, 0.5) is 0 Å². The van der Waals surface area contributed by atoms with Gasteiger partial charge in [-0.2, -0.15) is 0 Å². The summed E-state index contributed by atoms with van der Waals surface area (Å²) in [5.74, 6) is -1.35. The van der Waals surface area contributed by atoms with Crippen molar-refractivity contribution in [1.82, 2.24) is 10.2 Å². The molecule has 6 nitrogen and oxygen atoms in total. The summed E-state index contributed by atoms with van der Waals surface area (Å²) in [6.07, 6.45) is 0.0701. The minimum atomic E-state index is -0.511. The van der Waals surface area contributed by atoms with Gasteiger partial charge in [0.1, 0.15) is 0 Å². The molecule has 0 saturated heterocycles. The number of esters is 1. The van der Waals surface area contributed by atoms with Crippen molar-refractivity contribution in [2.45, 2.75) is 39.3 Å². The van der Waals surface area contributed by atoms with Crippen LogP contribution in [0.15, 0.2) is 84.1 Å². The first-order valence-corrected chi connectivity index (χ1v) is 13.1. The van der Waals surface area contributed by atoms with Crippen molar-refractivity contribution in [2.24, 2.45) is 0 Å². The highest BCUT2D eigenvalue weighted by atomic mass is 35.5. The smallest absolute Gasteiger partial charge is 0.336 e. The van der Waals surface area contributed by atoms with Gasteiger partial charge in [0, 0.05) is 30.1 Å². The zero-order valence-corrected chi connectivity index (χ0v) is 22.7. The number of ether oxygens (including phenoxy) is 1. The molecule has 8 heteroatoms. The van der Waals surface area contributed by atoms with Crippen LogP contribution in [0.25, 0.3) is 0 Å². The van der Waals surface area contributed by atoms with Crippen LogP contribution in [0.3, 0.4) is 0 Å². The standard InChI is InChI=1S/C30H28Cl2N2O4/c1-3-38-30(37)28-19(2)34(27(35)16-24(28)22-12-13-25(31)26(32)15-22)18-21-10-7-11-23(14-21)29(36)33-17-20-8-5-4-6-9-20/h4-15,24H,3,16-18H2,1-2H3,(H,33,36). The number of nitrogens with zero attached hydrogens (tertiary/aromatic N) is 1. The van der Waals surface area contributed by atoms with Gasteiger partial charge in [-0.1, -0.05) is 71.7 Å².